The quantitative estimate of drug-likeness (QED) is 0.549. The molecule has 0 radical (unpaired) electrons. The van der Waals surface area contributed by atoms with E-state index in [2.05, 4.69) is 16.3 Å². The lowest BCUT2D eigenvalue weighted by atomic mass is 10.1. The fourth-order valence-corrected chi connectivity index (χ4v) is 3.58. The molecule has 2 aliphatic rings. The van der Waals surface area contributed by atoms with Crippen molar-refractivity contribution in [2.45, 2.75) is 18.9 Å². The van der Waals surface area contributed by atoms with Crippen molar-refractivity contribution >= 4 is 34.8 Å². The van der Waals surface area contributed by atoms with Crippen molar-refractivity contribution < 1.29 is 4.94 Å². The number of hydrogen-bond acceptors (Lipinski definition) is 6. The Bertz CT molecular complexity index is 946. The second kappa shape index (κ2) is 6.38. The highest BCUT2D eigenvalue weighted by Gasteiger charge is 2.27. The molecule has 0 amide bonds. The van der Waals surface area contributed by atoms with Gasteiger partial charge in [0.2, 0.25) is 0 Å². The monoisotopic (exact) mass is 381 g/mol. The average Bonchev–Trinajstić information content (AvgIpc) is 3.08. The molecular weight excluding hydrogens is 365 g/mol. The van der Waals surface area contributed by atoms with Gasteiger partial charge in [0, 0.05) is 6.04 Å². The largest absolute Gasteiger partial charge is 0.317 e. The minimum atomic E-state index is 0.0375. The van der Waals surface area contributed by atoms with Gasteiger partial charge in [-0.15, -0.1) is 0 Å². The summed E-state index contributed by atoms with van der Waals surface area (Å²) in [5.41, 5.74) is 6.37. The van der Waals surface area contributed by atoms with Gasteiger partial charge in [0.25, 0.3) is 0 Å². The Kier molecular flexibility index (Phi) is 4.20. The number of benzene rings is 1. The van der Waals surface area contributed by atoms with Crippen LogP contribution in [-0.4, -0.2) is 22.2 Å². The van der Waals surface area contributed by atoms with Gasteiger partial charge in [-0.2, -0.15) is 4.94 Å². The van der Waals surface area contributed by atoms with Gasteiger partial charge in [0.1, 0.15) is 0 Å². The molecule has 0 bridgehead atoms. The van der Waals surface area contributed by atoms with Gasteiger partial charge in [-0.05, 0) is 44.1 Å². The van der Waals surface area contributed by atoms with Crippen LogP contribution in [0.1, 0.15) is 18.9 Å². The highest BCUT2D eigenvalue weighted by Crippen LogP contribution is 2.32. The summed E-state index contributed by atoms with van der Waals surface area (Å²) in [5, 5.41) is 21.2. The van der Waals surface area contributed by atoms with Crippen molar-refractivity contribution in [1.82, 2.24) is 14.5 Å². The fourth-order valence-electron chi connectivity index (χ4n) is 3.29. The fraction of sp³-hybridized carbons (Fsp3) is 0.333. The Balaban J connectivity index is 1.94. The summed E-state index contributed by atoms with van der Waals surface area (Å²) in [6.45, 7) is 1.77. The zero-order valence-electron chi connectivity index (χ0n) is 13.2. The molecule has 8 nitrogen and oxygen atoms in total. The molecule has 0 saturated carbocycles. The van der Waals surface area contributed by atoms with E-state index in [4.69, 9.17) is 39.0 Å². The molecule has 3 heterocycles. The van der Waals surface area contributed by atoms with E-state index < -0.39 is 0 Å². The number of fused-ring (bicyclic) bond motifs is 1. The van der Waals surface area contributed by atoms with Crippen molar-refractivity contribution in [3.63, 3.8) is 0 Å². The summed E-state index contributed by atoms with van der Waals surface area (Å²) in [4.78, 5) is 5.19. The summed E-state index contributed by atoms with van der Waals surface area (Å²) in [7, 11) is 0. The van der Waals surface area contributed by atoms with Crippen LogP contribution in [0.4, 0.5) is 11.6 Å². The Morgan fingerprint density at radius 3 is 2.44 bits per heavy atom. The molecule has 25 heavy (non-hydrogen) atoms. The summed E-state index contributed by atoms with van der Waals surface area (Å²) < 4.78 is 3.41. The number of rotatable bonds is 2. The molecule has 1 aromatic heterocycles. The number of anilines is 2. The number of aromatic nitrogens is 2. The van der Waals surface area contributed by atoms with Crippen LogP contribution < -0.4 is 27.3 Å². The second-order valence-electron chi connectivity index (χ2n) is 5.99. The molecule has 4 rings (SSSR count). The molecule has 5 N–H and O–H groups in total. The number of halogens is 2. The summed E-state index contributed by atoms with van der Waals surface area (Å²) in [6, 6.07) is 5.21. The van der Waals surface area contributed by atoms with Crippen molar-refractivity contribution in [2.24, 2.45) is 0 Å². The maximum atomic E-state index is 8.54. The van der Waals surface area contributed by atoms with Crippen molar-refractivity contribution in [1.29, 1.82) is 10.8 Å². The molecule has 2 aliphatic heterocycles. The van der Waals surface area contributed by atoms with E-state index in [0.717, 1.165) is 25.9 Å². The van der Waals surface area contributed by atoms with Crippen molar-refractivity contribution in [2.75, 3.05) is 24.0 Å². The van der Waals surface area contributed by atoms with E-state index in [1.807, 2.05) is 4.57 Å². The van der Waals surface area contributed by atoms with Gasteiger partial charge in [0.05, 0.1) is 15.7 Å². The first-order chi connectivity index (χ1) is 12.1. The van der Waals surface area contributed by atoms with Crippen LogP contribution in [0, 0.1) is 10.8 Å². The number of piperidine rings is 1. The molecule has 2 aromatic rings. The predicted molar refractivity (Wildman–Crippen MR) is 95.0 cm³/mol. The zero-order valence-corrected chi connectivity index (χ0v) is 14.7. The molecule has 1 aromatic carbocycles. The topological polar surface area (TPSA) is 103 Å². The normalized spacial score (nSPS) is 17.0. The highest BCUT2D eigenvalue weighted by molar-refractivity contribution is 6.42. The maximum Gasteiger partial charge on any atom is 0.182 e. The van der Waals surface area contributed by atoms with Gasteiger partial charge < -0.3 is 9.88 Å². The third-order valence-corrected chi connectivity index (χ3v) is 5.25. The average molecular weight is 382 g/mol. The van der Waals surface area contributed by atoms with Crippen LogP contribution in [0.3, 0.4) is 0 Å². The number of nitrogens with one attached hydrogen (secondary N) is 5. The van der Waals surface area contributed by atoms with Gasteiger partial charge >= 0.3 is 0 Å². The Hall–Kier alpha value is -2.00. The second-order valence-corrected chi connectivity index (χ2v) is 6.80. The lowest BCUT2D eigenvalue weighted by molar-refractivity contribution is 0.275. The van der Waals surface area contributed by atoms with Gasteiger partial charge in [-0.25, -0.2) is 11.0 Å². The molecule has 0 unspecified atom stereocenters. The maximum absolute atomic E-state index is 8.54. The van der Waals surface area contributed by atoms with Crippen LogP contribution in [0.2, 0.25) is 10.0 Å². The van der Waals surface area contributed by atoms with Crippen molar-refractivity contribution in [3.05, 3.63) is 39.2 Å². The third-order valence-electron chi connectivity index (χ3n) is 4.51. The van der Waals surface area contributed by atoms with E-state index in [9.17, 15) is 0 Å². The number of nitrogens with zero attached hydrogens (tertiary/aromatic N) is 2. The first-order valence-corrected chi connectivity index (χ1v) is 8.68. The van der Waals surface area contributed by atoms with Crippen LogP contribution in [0.25, 0.3) is 5.69 Å². The highest BCUT2D eigenvalue weighted by atomic mass is 35.5. The molecule has 0 atom stereocenters. The summed E-state index contributed by atoms with van der Waals surface area (Å²) >= 11 is 12.1. The molecule has 0 spiro atoms. The van der Waals surface area contributed by atoms with Gasteiger partial charge in [0.15, 0.2) is 22.6 Å². The molecule has 0 aliphatic carbocycles. The Morgan fingerprint density at radius 2 is 1.72 bits per heavy atom. The molecular formula is C15H17Cl2N7O. The van der Waals surface area contributed by atoms with Crippen LogP contribution in [0.5, 0.6) is 0 Å². The Labute approximate surface area is 153 Å². The first-order valence-electron chi connectivity index (χ1n) is 7.92. The minimum absolute atomic E-state index is 0.0375. The summed E-state index contributed by atoms with van der Waals surface area (Å²) in [5.74, 6) is 1.18. The van der Waals surface area contributed by atoms with Crippen LogP contribution >= 0.6 is 23.2 Å². The molecule has 10 heteroatoms. The van der Waals surface area contributed by atoms with E-state index in [0.29, 0.717) is 27.4 Å². The van der Waals surface area contributed by atoms with Crippen molar-refractivity contribution in [3.8, 4) is 5.69 Å². The van der Waals surface area contributed by atoms with E-state index in [1.165, 1.54) is 0 Å². The lowest BCUT2D eigenvalue weighted by Crippen LogP contribution is -2.45. The zero-order chi connectivity index (χ0) is 17.6. The molecule has 132 valence electrons. The third kappa shape index (κ3) is 2.71. The SMILES string of the molecule is N=c1c(=N)n(C2CCNCC2)c2c(n1-c1ccc(Cl)c(Cl)c1)NON2. The molecule has 1 saturated heterocycles. The lowest BCUT2D eigenvalue weighted by Gasteiger charge is -2.27. The number of hydrogen-bond donors (Lipinski definition) is 5. The standard InChI is InChI=1S/C15H17Cl2N7O/c16-10-2-1-9(7-11(10)17)24-13(19)12(18)23(8-3-5-20-6-4-8)14-15(24)22-25-21-14/h1-2,7-8,18-22H,3-6H2. The first kappa shape index (κ1) is 16.5. The van der Waals surface area contributed by atoms with Gasteiger partial charge in [-0.3, -0.25) is 15.4 Å². The van der Waals surface area contributed by atoms with E-state index in [-0.39, 0.29) is 17.0 Å². The predicted octanol–water partition coefficient (Wildman–Crippen LogP) is 2.15. The summed E-state index contributed by atoms with van der Waals surface area (Å²) in [6.07, 6.45) is 1.78. The van der Waals surface area contributed by atoms with Crippen LogP contribution in [-0.2, 0) is 4.94 Å². The van der Waals surface area contributed by atoms with Gasteiger partial charge in [-0.1, -0.05) is 23.2 Å². The molecule has 1 fully saturated rings. The van der Waals surface area contributed by atoms with E-state index >= 15 is 0 Å². The Morgan fingerprint density at radius 1 is 1.00 bits per heavy atom. The van der Waals surface area contributed by atoms with Crippen LogP contribution in [0.15, 0.2) is 18.2 Å². The minimum Gasteiger partial charge on any atom is -0.317 e. The smallest absolute Gasteiger partial charge is 0.182 e. The van der Waals surface area contributed by atoms with E-state index in [1.54, 1.807) is 22.8 Å².